The van der Waals surface area contributed by atoms with Crippen molar-refractivity contribution in [3.63, 3.8) is 0 Å². The van der Waals surface area contributed by atoms with Gasteiger partial charge in [0.1, 0.15) is 37.9 Å². The number of hydrogen-bond acceptors (Lipinski definition) is 6. The highest BCUT2D eigenvalue weighted by molar-refractivity contribution is 6.11. The highest BCUT2D eigenvalue weighted by Gasteiger charge is 2.17. The number of rotatable bonds is 15. The summed E-state index contributed by atoms with van der Waals surface area (Å²) in [6.07, 6.45) is 5.33. The fourth-order valence-corrected chi connectivity index (χ4v) is 4.06. The maximum absolute atomic E-state index is 11.9. The number of benzene rings is 3. The number of hydrogen-bond donors (Lipinski definition) is 0. The van der Waals surface area contributed by atoms with Crippen molar-refractivity contribution >= 4 is 33.5 Å². The van der Waals surface area contributed by atoms with Crippen molar-refractivity contribution in [3.05, 3.63) is 48.0 Å². The van der Waals surface area contributed by atoms with Crippen LogP contribution in [-0.2, 0) is 25.5 Å². The van der Waals surface area contributed by atoms with Gasteiger partial charge in [-0.1, -0.05) is 70.0 Å². The molecule has 0 aromatic heterocycles. The molecular weight excluding hydrogens is 456 g/mol. The van der Waals surface area contributed by atoms with Crippen LogP contribution in [0.2, 0.25) is 0 Å². The Hall–Kier alpha value is -3.28. The van der Waals surface area contributed by atoms with Crippen molar-refractivity contribution in [1.82, 2.24) is 0 Å². The first kappa shape index (κ1) is 27.3. The second kappa shape index (κ2) is 14.3. The van der Waals surface area contributed by atoms with Crippen molar-refractivity contribution in [1.29, 1.82) is 0 Å². The van der Waals surface area contributed by atoms with E-state index in [9.17, 15) is 9.59 Å². The van der Waals surface area contributed by atoms with Gasteiger partial charge in [0.15, 0.2) is 0 Å². The molecule has 0 saturated carbocycles. The first-order chi connectivity index (χ1) is 17.6. The van der Waals surface area contributed by atoms with E-state index in [4.69, 9.17) is 18.9 Å². The lowest BCUT2D eigenvalue weighted by atomic mass is 9.98. The molecule has 0 fully saturated rings. The highest BCUT2D eigenvalue weighted by Crippen LogP contribution is 2.43. The maximum atomic E-state index is 11.9. The van der Waals surface area contributed by atoms with Crippen molar-refractivity contribution < 1.29 is 28.5 Å². The molecule has 0 bridgehead atoms. The Balaban J connectivity index is 1.83. The van der Waals surface area contributed by atoms with Gasteiger partial charge in [-0.2, -0.15) is 0 Å². The van der Waals surface area contributed by atoms with Crippen LogP contribution in [-0.4, -0.2) is 38.4 Å². The van der Waals surface area contributed by atoms with Crippen LogP contribution in [0.25, 0.3) is 21.5 Å². The van der Waals surface area contributed by atoms with Crippen LogP contribution in [0.5, 0.6) is 11.5 Å². The standard InChI is InChI=1S/C30H38O6/c1-4-7-13-27(31)33-17-19-35-29-23-11-9-10-12-24(23)30(26-21-22(6-3)15-16-25(26)29)36-20-18-34-28(32)14-8-5-2/h9-12,15-16,21H,4-8,13-14,17-20H2,1-3H3. The predicted molar refractivity (Wildman–Crippen MR) is 143 cm³/mol. The number of carbonyl (C=O) groups excluding carboxylic acids is 2. The van der Waals surface area contributed by atoms with Crippen LogP contribution in [0.1, 0.15) is 64.9 Å². The first-order valence-corrected chi connectivity index (χ1v) is 13.1. The SMILES string of the molecule is CCCCC(=O)OCCOc1c2ccccc2c(OCCOC(=O)CCCC)c2cc(CC)ccc12. The zero-order chi connectivity index (χ0) is 25.8. The van der Waals surface area contributed by atoms with Gasteiger partial charge in [-0.25, -0.2) is 0 Å². The fourth-order valence-electron chi connectivity index (χ4n) is 4.06. The number of esters is 2. The minimum Gasteiger partial charge on any atom is -0.489 e. The van der Waals surface area contributed by atoms with E-state index in [-0.39, 0.29) is 38.4 Å². The van der Waals surface area contributed by atoms with Crippen LogP contribution in [0, 0.1) is 0 Å². The monoisotopic (exact) mass is 494 g/mol. The first-order valence-electron chi connectivity index (χ1n) is 13.1. The number of unbranched alkanes of at least 4 members (excludes halogenated alkanes) is 2. The summed E-state index contributed by atoms with van der Waals surface area (Å²) in [6, 6.07) is 14.2. The third-order valence-electron chi connectivity index (χ3n) is 6.05. The molecular formula is C30H38O6. The smallest absolute Gasteiger partial charge is 0.305 e. The molecule has 194 valence electrons. The Morgan fingerprint density at radius 2 is 1.14 bits per heavy atom. The predicted octanol–water partition coefficient (Wildman–Crippen LogP) is 6.78. The molecule has 0 aliphatic heterocycles. The van der Waals surface area contributed by atoms with Gasteiger partial charge in [0.2, 0.25) is 0 Å². The molecule has 3 aromatic rings. The second-order valence-electron chi connectivity index (χ2n) is 8.78. The number of carbonyl (C=O) groups is 2. The summed E-state index contributed by atoms with van der Waals surface area (Å²) in [7, 11) is 0. The van der Waals surface area contributed by atoms with Crippen LogP contribution in [0.15, 0.2) is 42.5 Å². The summed E-state index contributed by atoms with van der Waals surface area (Å²) < 4.78 is 23.1. The van der Waals surface area contributed by atoms with E-state index >= 15 is 0 Å². The number of ether oxygens (including phenoxy) is 4. The molecule has 0 amide bonds. The van der Waals surface area contributed by atoms with E-state index in [1.165, 1.54) is 5.56 Å². The summed E-state index contributed by atoms with van der Waals surface area (Å²) in [4.78, 5) is 23.7. The minimum atomic E-state index is -0.193. The molecule has 0 aliphatic carbocycles. The molecule has 0 N–H and O–H groups in total. The van der Waals surface area contributed by atoms with Gasteiger partial charge < -0.3 is 18.9 Å². The molecule has 0 spiro atoms. The van der Waals surface area contributed by atoms with Gasteiger partial charge in [-0.15, -0.1) is 0 Å². The van der Waals surface area contributed by atoms with Gasteiger partial charge >= 0.3 is 11.9 Å². The van der Waals surface area contributed by atoms with Gasteiger partial charge in [-0.3, -0.25) is 9.59 Å². The molecule has 6 nitrogen and oxygen atoms in total. The van der Waals surface area contributed by atoms with E-state index in [0.717, 1.165) is 65.1 Å². The normalized spacial score (nSPS) is 11.0. The van der Waals surface area contributed by atoms with E-state index in [2.05, 4.69) is 25.1 Å². The third kappa shape index (κ3) is 7.36. The van der Waals surface area contributed by atoms with Crippen LogP contribution < -0.4 is 9.47 Å². The molecule has 0 unspecified atom stereocenters. The largest absolute Gasteiger partial charge is 0.489 e. The quantitative estimate of drug-likeness (QED) is 0.132. The second-order valence-corrected chi connectivity index (χ2v) is 8.78. The third-order valence-corrected chi connectivity index (χ3v) is 6.05. The molecule has 0 saturated heterocycles. The summed E-state index contributed by atoms with van der Waals surface area (Å²) in [5.74, 6) is 1.11. The number of fused-ring (bicyclic) bond motifs is 2. The molecule has 0 atom stereocenters. The zero-order valence-electron chi connectivity index (χ0n) is 21.8. The van der Waals surface area contributed by atoms with E-state index in [0.29, 0.717) is 12.8 Å². The summed E-state index contributed by atoms with van der Waals surface area (Å²) in [5.41, 5.74) is 1.18. The Morgan fingerprint density at radius 1 is 0.639 bits per heavy atom. The van der Waals surface area contributed by atoms with Gasteiger partial charge in [-0.05, 0) is 30.9 Å². The highest BCUT2D eigenvalue weighted by atomic mass is 16.6. The lowest BCUT2D eigenvalue weighted by Gasteiger charge is -2.18. The summed E-state index contributed by atoms with van der Waals surface area (Å²) in [6.45, 7) is 7.14. The maximum Gasteiger partial charge on any atom is 0.305 e. The Kier molecular flexibility index (Phi) is 10.9. The van der Waals surface area contributed by atoms with Gasteiger partial charge in [0, 0.05) is 34.4 Å². The van der Waals surface area contributed by atoms with Crippen molar-refractivity contribution in [3.8, 4) is 11.5 Å². The minimum absolute atomic E-state index is 0.192. The Morgan fingerprint density at radius 3 is 1.64 bits per heavy atom. The average molecular weight is 495 g/mol. The Bertz CT molecular complexity index is 1150. The van der Waals surface area contributed by atoms with Crippen molar-refractivity contribution in [2.24, 2.45) is 0 Å². The van der Waals surface area contributed by atoms with Crippen LogP contribution >= 0.6 is 0 Å². The fraction of sp³-hybridized carbons (Fsp3) is 0.467. The van der Waals surface area contributed by atoms with E-state index < -0.39 is 0 Å². The van der Waals surface area contributed by atoms with Crippen molar-refractivity contribution in [2.75, 3.05) is 26.4 Å². The van der Waals surface area contributed by atoms with E-state index in [1.54, 1.807) is 0 Å². The molecule has 36 heavy (non-hydrogen) atoms. The number of aryl methyl sites for hydroxylation is 1. The molecule has 0 aliphatic rings. The van der Waals surface area contributed by atoms with Crippen molar-refractivity contribution in [2.45, 2.75) is 65.7 Å². The topological polar surface area (TPSA) is 71.1 Å². The van der Waals surface area contributed by atoms with Crippen LogP contribution in [0.3, 0.4) is 0 Å². The average Bonchev–Trinajstić information content (AvgIpc) is 2.91. The van der Waals surface area contributed by atoms with Gasteiger partial charge in [0.05, 0.1) is 0 Å². The lowest BCUT2D eigenvalue weighted by Crippen LogP contribution is -2.13. The molecule has 6 heteroatoms. The van der Waals surface area contributed by atoms with Crippen LogP contribution in [0.4, 0.5) is 0 Å². The van der Waals surface area contributed by atoms with E-state index in [1.807, 2.05) is 38.1 Å². The Labute approximate surface area is 213 Å². The molecule has 0 radical (unpaired) electrons. The lowest BCUT2D eigenvalue weighted by molar-refractivity contribution is -0.145. The molecule has 3 rings (SSSR count). The van der Waals surface area contributed by atoms with Gasteiger partial charge in [0.25, 0.3) is 0 Å². The molecule has 0 heterocycles. The zero-order valence-corrected chi connectivity index (χ0v) is 21.8. The summed E-state index contributed by atoms with van der Waals surface area (Å²) >= 11 is 0. The summed E-state index contributed by atoms with van der Waals surface area (Å²) in [5, 5.41) is 3.71. The molecule has 3 aromatic carbocycles.